The minimum absolute atomic E-state index is 0.0860. The first-order chi connectivity index (χ1) is 13.7. The summed E-state index contributed by atoms with van der Waals surface area (Å²) in [6.45, 7) is 3.53. The Kier molecular flexibility index (Phi) is 6.04. The molecule has 1 fully saturated rings. The van der Waals surface area contributed by atoms with Gasteiger partial charge in [-0.05, 0) is 44.9 Å². The third-order valence-corrected chi connectivity index (χ3v) is 6.80. The van der Waals surface area contributed by atoms with E-state index in [2.05, 4.69) is 10.9 Å². The fraction of sp³-hybridized carbons (Fsp3) is 0.368. The molecule has 1 aliphatic rings. The zero-order valence-corrected chi connectivity index (χ0v) is 16.9. The second-order valence-corrected chi connectivity index (χ2v) is 8.79. The SMILES string of the molecule is Cc1cc(C(=O)NNC(=O)C2CCN(S(=O)(=O)c3ccccc3F)CC2)c(C)o1. The van der Waals surface area contributed by atoms with Gasteiger partial charge in [-0.15, -0.1) is 0 Å². The van der Waals surface area contributed by atoms with Gasteiger partial charge in [-0.25, -0.2) is 12.8 Å². The number of nitrogens with one attached hydrogen (secondary N) is 2. The smallest absolute Gasteiger partial charge is 0.273 e. The van der Waals surface area contributed by atoms with Crippen LogP contribution < -0.4 is 10.9 Å². The molecule has 0 spiro atoms. The molecule has 0 bridgehead atoms. The molecular weight excluding hydrogens is 401 g/mol. The Hall–Kier alpha value is -2.72. The summed E-state index contributed by atoms with van der Waals surface area (Å²) < 4.78 is 45.6. The number of benzene rings is 1. The Morgan fingerprint density at radius 3 is 2.38 bits per heavy atom. The highest BCUT2D eigenvalue weighted by atomic mass is 32.2. The molecule has 8 nitrogen and oxygen atoms in total. The quantitative estimate of drug-likeness (QED) is 0.730. The van der Waals surface area contributed by atoms with E-state index in [1.54, 1.807) is 19.9 Å². The van der Waals surface area contributed by atoms with Crippen molar-refractivity contribution in [2.75, 3.05) is 13.1 Å². The third-order valence-electron chi connectivity index (χ3n) is 4.86. The number of sulfonamides is 1. The van der Waals surface area contributed by atoms with E-state index in [0.717, 1.165) is 6.07 Å². The van der Waals surface area contributed by atoms with Crippen LogP contribution in [0.25, 0.3) is 0 Å². The van der Waals surface area contributed by atoms with Crippen LogP contribution in [0.1, 0.15) is 34.7 Å². The summed E-state index contributed by atoms with van der Waals surface area (Å²) in [6, 6.07) is 6.77. The summed E-state index contributed by atoms with van der Waals surface area (Å²) in [4.78, 5) is 24.1. The van der Waals surface area contributed by atoms with E-state index in [9.17, 15) is 22.4 Å². The fourth-order valence-corrected chi connectivity index (χ4v) is 4.83. The van der Waals surface area contributed by atoms with Crippen LogP contribution in [-0.2, 0) is 14.8 Å². The van der Waals surface area contributed by atoms with Gasteiger partial charge in [-0.2, -0.15) is 4.31 Å². The minimum Gasteiger partial charge on any atom is -0.466 e. The maximum absolute atomic E-state index is 13.9. The maximum Gasteiger partial charge on any atom is 0.273 e. The van der Waals surface area contributed by atoms with Crippen LogP contribution in [0.5, 0.6) is 0 Å². The van der Waals surface area contributed by atoms with Gasteiger partial charge >= 0.3 is 0 Å². The standard InChI is InChI=1S/C19H22FN3O5S/c1-12-11-15(13(2)28-12)19(25)22-21-18(24)14-7-9-23(10-8-14)29(26,27)17-6-4-3-5-16(17)20/h3-6,11,14H,7-10H2,1-2H3,(H,21,24)(H,22,25). The van der Waals surface area contributed by atoms with Gasteiger partial charge in [0.25, 0.3) is 5.91 Å². The lowest BCUT2D eigenvalue weighted by Gasteiger charge is -2.30. The average Bonchev–Trinajstić information content (AvgIpc) is 3.04. The molecule has 156 valence electrons. The number of carbonyl (C=O) groups excluding carboxylic acids is 2. The second-order valence-electron chi connectivity index (χ2n) is 6.88. The molecule has 0 unspecified atom stereocenters. The molecule has 2 aromatic rings. The third kappa shape index (κ3) is 4.48. The van der Waals surface area contributed by atoms with Gasteiger partial charge in [-0.1, -0.05) is 12.1 Å². The van der Waals surface area contributed by atoms with Gasteiger partial charge in [0.2, 0.25) is 15.9 Å². The Labute approximate surface area is 168 Å². The predicted octanol–water partition coefficient (Wildman–Crippen LogP) is 1.90. The molecule has 1 aromatic heterocycles. The molecular formula is C19H22FN3O5S. The molecule has 1 saturated heterocycles. The Balaban J connectivity index is 1.55. The first-order valence-corrected chi connectivity index (χ1v) is 10.6. The van der Waals surface area contributed by atoms with Crippen molar-refractivity contribution in [1.29, 1.82) is 0 Å². The summed E-state index contributed by atoms with van der Waals surface area (Å²) in [7, 11) is -3.96. The van der Waals surface area contributed by atoms with E-state index in [1.807, 2.05) is 0 Å². The minimum atomic E-state index is -3.96. The number of piperidine rings is 1. The lowest BCUT2D eigenvalue weighted by Crippen LogP contribution is -2.48. The average molecular weight is 423 g/mol. The number of hydrogen-bond donors (Lipinski definition) is 2. The van der Waals surface area contributed by atoms with E-state index in [0.29, 0.717) is 17.1 Å². The molecule has 2 amide bonds. The largest absolute Gasteiger partial charge is 0.466 e. The molecule has 10 heteroatoms. The van der Waals surface area contributed by atoms with E-state index in [4.69, 9.17) is 4.42 Å². The number of amides is 2. The number of hydrogen-bond acceptors (Lipinski definition) is 5. The second kappa shape index (κ2) is 8.34. The van der Waals surface area contributed by atoms with E-state index < -0.39 is 33.6 Å². The molecule has 29 heavy (non-hydrogen) atoms. The normalized spacial score (nSPS) is 15.8. The molecule has 1 aliphatic heterocycles. The number of nitrogens with zero attached hydrogens (tertiary/aromatic N) is 1. The van der Waals surface area contributed by atoms with Crippen LogP contribution in [0.4, 0.5) is 4.39 Å². The molecule has 0 atom stereocenters. The lowest BCUT2D eigenvalue weighted by atomic mass is 9.98. The lowest BCUT2D eigenvalue weighted by molar-refractivity contribution is -0.126. The predicted molar refractivity (Wildman–Crippen MR) is 102 cm³/mol. The number of aryl methyl sites for hydroxylation is 2. The summed E-state index contributed by atoms with van der Waals surface area (Å²) in [5, 5.41) is 0. The van der Waals surface area contributed by atoms with Crippen molar-refractivity contribution in [3.05, 3.63) is 53.2 Å². The molecule has 0 radical (unpaired) electrons. The van der Waals surface area contributed by atoms with Crippen molar-refractivity contribution >= 4 is 21.8 Å². The monoisotopic (exact) mass is 423 g/mol. The summed E-state index contributed by atoms with van der Waals surface area (Å²) in [5.41, 5.74) is 5.05. The molecule has 1 aromatic carbocycles. The van der Waals surface area contributed by atoms with Gasteiger partial charge < -0.3 is 4.42 Å². The Bertz CT molecular complexity index is 1030. The number of furan rings is 1. The van der Waals surface area contributed by atoms with Gasteiger partial charge in [0.15, 0.2) is 0 Å². The topological polar surface area (TPSA) is 109 Å². The first-order valence-electron chi connectivity index (χ1n) is 9.12. The highest BCUT2D eigenvalue weighted by molar-refractivity contribution is 7.89. The molecule has 3 rings (SSSR count). The van der Waals surface area contributed by atoms with Crippen molar-refractivity contribution in [3.8, 4) is 0 Å². The zero-order valence-electron chi connectivity index (χ0n) is 16.1. The van der Waals surface area contributed by atoms with Crippen molar-refractivity contribution in [2.24, 2.45) is 5.92 Å². The van der Waals surface area contributed by atoms with Crippen LogP contribution in [0, 0.1) is 25.6 Å². The zero-order chi connectivity index (χ0) is 21.2. The summed E-state index contributed by atoms with van der Waals surface area (Å²) in [5.74, 6) is -1.14. The van der Waals surface area contributed by atoms with Crippen LogP contribution in [0.3, 0.4) is 0 Å². The Morgan fingerprint density at radius 2 is 1.79 bits per heavy atom. The van der Waals surface area contributed by atoms with Crippen LogP contribution in [0.15, 0.2) is 39.6 Å². The van der Waals surface area contributed by atoms with Crippen molar-refractivity contribution in [2.45, 2.75) is 31.6 Å². The first kappa shape index (κ1) is 21.0. The fourth-order valence-electron chi connectivity index (χ4n) is 3.30. The molecule has 0 aliphatic carbocycles. The number of halogens is 1. The van der Waals surface area contributed by atoms with Gasteiger partial charge in [-0.3, -0.25) is 20.4 Å². The van der Waals surface area contributed by atoms with E-state index in [1.165, 1.54) is 22.5 Å². The summed E-state index contributed by atoms with van der Waals surface area (Å²) >= 11 is 0. The van der Waals surface area contributed by atoms with Crippen molar-refractivity contribution in [3.63, 3.8) is 0 Å². The number of rotatable bonds is 4. The van der Waals surface area contributed by atoms with Crippen molar-refractivity contribution in [1.82, 2.24) is 15.2 Å². The summed E-state index contributed by atoms with van der Waals surface area (Å²) in [6.07, 6.45) is 0.526. The highest BCUT2D eigenvalue weighted by Gasteiger charge is 2.33. The number of carbonyl (C=O) groups is 2. The van der Waals surface area contributed by atoms with Crippen LogP contribution in [-0.4, -0.2) is 37.6 Å². The van der Waals surface area contributed by atoms with Gasteiger partial charge in [0.1, 0.15) is 22.2 Å². The number of hydrazine groups is 1. The molecule has 2 N–H and O–H groups in total. The van der Waals surface area contributed by atoms with Gasteiger partial charge in [0, 0.05) is 19.0 Å². The van der Waals surface area contributed by atoms with E-state index in [-0.39, 0.29) is 30.8 Å². The van der Waals surface area contributed by atoms with Gasteiger partial charge in [0.05, 0.1) is 5.56 Å². The van der Waals surface area contributed by atoms with Crippen LogP contribution in [0.2, 0.25) is 0 Å². The van der Waals surface area contributed by atoms with Crippen molar-refractivity contribution < 1.29 is 26.8 Å². The molecule has 0 saturated carbocycles. The Morgan fingerprint density at radius 1 is 1.14 bits per heavy atom. The van der Waals surface area contributed by atoms with Crippen LogP contribution >= 0.6 is 0 Å². The highest BCUT2D eigenvalue weighted by Crippen LogP contribution is 2.25. The maximum atomic E-state index is 13.9. The van der Waals surface area contributed by atoms with E-state index >= 15 is 0 Å². The molecule has 2 heterocycles.